The second-order valence-electron chi connectivity index (χ2n) is 6.99. The Hall–Kier alpha value is -2.05. The van der Waals surface area contributed by atoms with E-state index in [1.807, 2.05) is 6.92 Å². The van der Waals surface area contributed by atoms with Crippen molar-refractivity contribution in [3.8, 4) is 0 Å². The molecule has 1 aromatic heterocycles. The Morgan fingerprint density at radius 2 is 1.94 bits per heavy atom. The standard InChI is InChI=1S/C13H13Cl2N3O3.C7H8O3S/c14-9-1-2-11(12(15)3-9)13(6-18-8-16-7-17-18)20-5-10(4-19)21-13;1-6-2-4-7(5-3-6)11(8,9)10/h1-3,7-8,10,19H,4-6H2;2-5H,1H3,(H,8,9,10)/t10?,13-;/m1./s1. The number of nitrogens with zero attached hydrogens (tertiary/aromatic N) is 3. The quantitative estimate of drug-likeness (QED) is 0.511. The zero-order chi connectivity index (χ0) is 23.4. The van der Waals surface area contributed by atoms with E-state index in [0.717, 1.165) is 5.56 Å². The Labute approximate surface area is 195 Å². The maximum absolute atomic E-state index is 10.5. The van der Waals surface area contributed by atoms with Crippen LogP contribution in [0, 0.1) is 6.92 Å². The summed E-state index contributed by atoms with van der Waals surface area (Å²) in [6.07, 6.45) is 2.57. The number of hydrogen-bond donors (Lipinski definition) is 2. The van der Waals surface area contributed by atoms with Gasteiger partial charge in [0.2, 0.25) is 5.79 Å². The molecule has 4 rings (SSSR count). The van der Waals surface area contributed by atoms with E-state index in [9.17, 15) is 13.5 Å². The molecule has 1 unspecified atom stereocenters. The minimum atomic E-state index is -4.02. The van der Waals surface area contributed by atoms with Crippen molar-refractivity contribution < 1.29 is 27.6 Å². The van der Waals surface area contributed by atoms with Gasteiger partial charge in [-0.05, 0) is 31.2 Å². The van der Waals surface area contributed by atoms with Gasteiger partial charge < -0.3 is 14.6 Å². The van der Waals surface area contributed by atoms with Gasteiger partial charge in [0.1, 0.15) is 25.3 Å². The van der Waals surface area contributed by atoms with Crippen molar-refractivity contribution in [3.63, 3.8) is 0 Å². The van der Waals surface area contributed by atoms with Gasteiger partial charge >= 0.3 is 0 Å². The van der Waals surface area contributed by atoms with Crippen molar-refractivity contribution in [3.05, 3.63) is 76.3 Å². The summed E-state index contributed by atoms with van der Waals surface area (Å²) in [4.78, 5) is 3.84. The molecule has 172 valence electrons. The van der Waals surface area contributed by atoms with Crippen LogP contribution >= 0.6 is 23.2 Å². The monoisotopic (exact) mass is 501 g/mol. The number of halogens is 2. The lowest BCUT2D eigenvalue weighted by atomic mass is 10.1. The molecule has 12 heteroatoms. The Bertz CT molecular complexity index is 1140. The van der Waals surface area contributed by atoms with Crippen LogP contribution in [0.3, 0.4) is 0 Å². The first kappa shape index (κ1) is 24.6. The smallest absolute Gasteiger partial charge is 0.294 e. The third-order valence-electron chi connectivity index (χ3n) is 4.56. The molecule has 1 saturated heterocycles. The van der Waals surface area contributed by atoms with Gasteiger partial charge in [-0.2, -0.15) is 13.5 Å². The highest BCUT2D eigenvalue weighted by Crippen LogP contribution is 2.40. The second-order valence-corrected chi connectivity index (χ2v) is 9.26. The van der Waals surface area contributed by atoms with Crippen LogP contribution in [0.1, 0.15) is 11.1 Å². The Morgan fingerprint density at radius 1 is 1.22 bits per heavy atom. The summed E-state index contributed by atoms with van der Waals surface area (Å²) in [5.74, 6) is -1.12. The van der Waals surface area contributed by atoms with Crippen LogP contribution in [-0.2, 0) is 31.9 Å². The molecule has 2 aromatic carbocycles. The maximum atomic E-state index is 10.5. The highest BCUT2D eigenvalue weighted by Gasteiger charge is 2.45. The number of benzene rings is 2. The molecule has 0 spiro atoms. The number of hydrogen-bond acceptors (Lipinski definition) is 7. The van der Waals surface area contributed by atoms with Crippen molar-refractivity contribution in [2.45, 2.75) is 30.3 Å². The van der Waals surface area contributed by atoms with Gasteiger partial charge in [-0.25, -0.2) is 9.67 Å². The molecule has 3 aromatic rings. The third-order valence-corrected chi connectivity index (χ3v) is 5.98. The highest BCUT2D eigenvalue weighted by atomic mass is 35.5. The first-order chi connectivity index (χ1) is 15.1. The fourth-order valence-corrected chi connectivity index (χ4v) is 4.03. The molecular formula is C20H21Cl2N3O6S. The minimum Gasteiger partial charge on any atom is -0.394 e. The lowest BCUT2D eigenvalue weighted by Crippen LogP contribution is -2.34. The lowest BCUT2D eigenvalue weighted by Gasteiger charge is -2.29. The summed E-state index contributed by atoms with van der Waals surface area (Å²) in [6.45, 7) is 2.24. The number of aliphatic hydroxyl groups excluding tert-OH is 1. The number of rotatable bonds is 5. The van der Waals surface area contributed by atoms with Gasteiger partial charge in [0.05, 0.1) is 23.1 Å². The molecule has 0 aliphatic carbocycles. The van der Waals surface area contributed by atoms with Gasteiger partial charge in [0, 0.05) is 10.6 Å². The van der Waals surface area contributed by atoms with Crippen LogP contribution in [0.4, 0.5) is 0 Å². The molecule has 2 N–H and O–H groups in total. The van der Waals surface area contributed by atoms with Crippen LogP contribution in [0.5, 0.6) is 0 Å². The molecule has 0 radical (unpaired) electrons. The Kier molecular flexibility index (Phi) is 7.88. The highest BCUT2D eigenvalue weighted by molar-refractivity contribution is 7.85. The van der Waals surface area contributed by atoms with Crippen molar-refractivity contribution in [1.82, 2.24) is 14.8 Å². The zero-order valence-electron chi connectivity index (χ0n) is 16.9. The topological polar surface area (TPSA) is 124 Å². The largest absolute Gasteiger partial charge is 0.394 e. The third kappa shape index (κ3) is 6.04. The summed E-state index contributed by atoms with van der Waals surface area (Å²) in [7, 11) is -4.02. The van der Waals surface area contributed by atoms with E-state index >= 15 is 0 Å². The van der Waals surface area contributed by atoms with E-state index in [0.29, 0.717) is 15.6 Å². The molecule has 0 bridgehead atoms. The van der Waals surface area contributed by atoms with E-state index in [-0.39, 0.29) is 24.7 Å². The van der Waals surface area contributed by atoms with Crippen molar-refractivity contribution >= 4 is 33.3 Å². The predicted octanol–water partition coefficient (Wildman–Crippen LogP) is 3.09. The number of aliphatic hydroxyl groups is 1. The predicted molar refractivity (Wildman–Crippen MR) is 117 cm³/mol. The summed E-state index contributed by atoms with van der Waals surface area (Å²) in [5, 5.41) is 14.3. The average Bonchev–Trinajstić information content (AvgIpc) is 3.39. The molecular weight excluding hydrogens is 481 g/mol. The SMILES string of the molecule is Cc1ccc(S(=O)(=O)O)cc1.OCC1CO[C@@](Cn2cncn2)(c2ccc(Cl)cc2Cl)O1. The zero-order valence-corrected chi connectivity index (χ0v) is 19.3. The van der Waals surface area contributed by atoms with Gasteiger partial charge in [-0.1, -0.05) is 47.0 Å². The van der Waals surface area contributed by atoms with Crippen LogP contribution in [0.15, 0.2) is 60.0 Å². The van der Waals surface area contributed by atoms with Crippen LogP contribution < -0.4 is 0 Å². The van der Waals surface area contributed by atoms with E-state index in [1.54, 1.807) is 41.3 Å². The second kappa shape index (κ2) is 10.3. The van der Waals surface area contributed by atoms with Crippen LogP contribution in [0.25, 0.3) is 0 Å². The number of aromatic nitrogens is 3. The van der Waals surface area contributed by atoms with Gasteiger partial charge in [-0.15, -0.1) is 0 Å². The van der Waals surface area contributed by atoms with Crippen molar-refractivity contribution in [2.24, 2.45) is 0 Å². The molecule has 1 aliphatic rings. The van der Waals surface area contributed by atoms with Crippen LogP contribution in [0.2, 0.25) is 10.0 Å². The summed E-state index contributed by atoms with van der Waals surface area (Å²) in [5.41, 5.74) is 1.59. The van der Waals surface area contributed by atoms with Crippen molar-refractivity contribution in [2.75, 3.05) is 13.2 Å². The Morgan fingerprint density at radius 3 is 2.47 bits per heavy atom. The van der Waals surface area contributed by atoms with Gasteiger partial charge in [0.25, 0.3) is 10.1 Å². The lowest BCUT2D eigenvalue weighted by molar-refractivity contribution is -0.191. The molecule has 2 atom stereocenters. The first-order valence-corrected chi connectivity index (χ1v) is 11.6. The average molecular weight is 502 g/mol. The minimum absolute atomic E-state index is 0.0666. The molecule has 1 fully saturated rings. The fourth-order valence-electron chi connectivity index (χ4n) is 3.00. The van der Waals surface area contributed by atoms with Gasteiger partial charge in [0.15, 0.2) is 0 Å². The van der Waals surface area contributed by atoms with Gasteiger partial charge in [-0.3, -0.25) is 4.55 Å². The van der Waals surface area contributed by atoms with E-state index in [1.165, 1.54) is 18.5 Å². The molecule has 0 amide bonds. The van der Waals surface area contributed by atoms with E-state index in [4.69, 9.17) is 37.2 Å². The molecule has 32 heavy (non-hydrogen) atoms. The first-order valence-electron chi connectivity index (χ1n) is 9.38. The Balaban J connectivity index is 0.000000222. The molecule has 0 saturated carbocycles. The fraction of sp³-hybridized carbons (Fsp3) is 0.300. The molecule has 2 heterocycles. The van der Waals surface area contributed by atoms with E-state index < -0.39 is 22.0 Å². The normalized spacial score (nSPS) is 20.6. The van der Waals surface area contributed by atoms with E-state index in [2.05, 4.69) is 10.1 Å². The number of ether oxygens (including phenoxy) is 2. The molecule has 9 nitrogen and oxygen atoms in total. The summed E-state index contributed by atoms with van der Waals surface area (Å²) < 4.78 is 42.9. The summed E-state index contributed by atoms with van der Waals surface area (Å²) in [6, 6.07) is 11.1. The molecule has 1 aliphatic heterocycles. The van der Waals surface area contributed by atoms with Crippen molar-refractivity contribution in [1.29, 1.82) is 0 Å². The number of aryl methyl sites for hydroxylation is 1. The summed E-state index contributed by atoms with van der Waals surface area (Å²) >= 11 is 12.2. The van der Waals surface area contributed by atoms with Crippen LogP contribution in [-0.4, -0.2) is 52.2 Å². The maximum Gasteiger partial charge on any atom is 0.294 e.